The van der Waals surface area contributed by atoms with Crippen molar-refractivity contribution in [2.24, 2.45) is 0 Å². The average molecular weight is 241 g/mol. The smallest absolute Gasteiger partial charge is 0.237 e. The Morgan fingerprint density at radius 3 is 2.71 bits per heavy atom. The van der Waals surface area contributed by atoms with E-state index in [9.17, 15) is 9.59 Å². The van der Waals surface area contributed by atoms with E-state index in [-0.39, 0.29) is 23.9 Å². The van der Waals surface area contributed by atoms with Crippen molar-refractivity contribution in [1.29, 1.82) is 0 Å². The maximum absolute atomic E-state index is 11.7. The predicted molar refractivity (Wildman–Crippen MR) is 66.5 cm³/mol. The summed E-state index contributed by atoms with van der Waals surface area (Å²) in [5, 5.41) is 8.76. The van der Waals surface area contributed by atoms with Gasteiger partial charge >= 0.3 is 0 Å². The summed E-state index contributed by atoms with van der Waals surface area (Å²) < 4.78 is 0. The Kier molecular flexibility index (Phi) is 5.97. The molecule has 3 N–H and O–H groups in total. The van der Waals surface area contributed by atoms with Gasteiger partial charge in [-0.2, -0.15) is 0 Å². The topological polar surface area (TPSA) is 70.2 Å². The molecule has 5 heteroatoms. The van der Waals surface area contributed by atoms with Crippen LogP contribution in [-0.2, 0) is 9.59 Å². The van der Waals surface area contributed by atoms with Crippen LogP contribution in [-0.4, -0.2) is 37.0 Å². The molecule has 1 atom stereocenters. The van der Waals surface area contributed by atoms with E-state index in [1.54, 1.807) is 0 Å². The lowest BCUT2D eigenvalue weighted by atomic mass is 10.0. The highest BCUT2D eigenvalue weighted by Gasteiger charge is 2.19. The van der Waals surface area contributed by atoms with Crippen LogP contribution in [0.15, 0.2) is 0 Å². The number of carbonyl (C=O) groups excluding carboxylic acids is 2. The van der Waals surface area contributed by atoms with Crippen molar-refractivity contribution in [3.63, 3.8) is 0 Å². The summed E-state index contributed by atoms with van der Waals surface area (Å²) in [6, 6.07) is 0.0788. The fourth-order valence-electron chi connectivity index (χ4n) is 1.89. The lowest BCUT2D eigenvalue weighted by Crippen LogP contribution is -2.47. The molecule has 5 nitrogen and oxygen atoms in total. The quantitative estimate of drug-likeness (QED) is 0.642. The average Bonchev–Trinajstić information content (AvgIpc) is 2.29. The molecule has 0 aliphatic carbocycles. The van der Waals surface area contributed by atoms with E-state index in [1.807, 2.05) is 13.8 Å². The largest absolute Gasteiger partial charge is 0.354 e. The Labute approximate surface area is 103 Å². The summed E-state index contributed by atoms with van der Waals surface area (Å²) in [5.74, 6) is -0.000972. The predicted octanol–water partition coefficient (Wildman–Crippen LogP) is 0.159. The van der Waals surface area contributed by atoms with Crippen LogP contribution < -0.4 is 16.0 Å². The highest BCUT2D eigenvalue weighted by Crippen LogP contribution is 2.06. The molecule has 1 saturated heterocycles. The number of carbonyl (C=O) groups is 2. The molecule has 0 aromatic rings. The molecule has 0 unspecified atom stereocenters. The van der Waals surface area contributed by atoms with Crippen molar-refractivity contribution in [2.45, 2.75) is 51.6 Å². The van der Waals surface area contributed by atoms with Gasteiger partial charge in [-0.05, 0) is 33.2 Å². The Morgan fingerprint density at radius 2 is 2.12 bits per heavy atom. The van der Waals surface area contributed by atoms with E-state index in [0.29, 0.717) is 13.0 Å². The van der Waals surface area contributed by atoms with Gasteiger partial charge < -0.3 is 16.0 Å². The summed E-state index contributed by atoms with van der Waals surface area (Å²) in [6.07, 6.45) is 3.47. The van der Waals surface area contributed by atoms with E-state index in [2.05, 4.69) is 16.0 Å². The Balaban J connectivity index is 2.13. The fraction of sp³-hybridized carbons (Fsp3) is 0.833. The van der Waals surface area contributed by atoms with Crippen LogP contribution in [0, 0.1) is 0 Å². The molecule has 98 valence electrons. The van der Waals surface area contributed by atoms with Crippen molar-refractivity contribution in [3.8, 4) is 0 Å². The second-order valence-electron chi connectivity index (χ2n) is 4.77. The number of rotatable bonds is 5. The number of hydrogen-bond acceptors (Lipinski definition) is 3. The molecule has 0 spiro atoms. The first-order valence-corrected chi connectivity index (χ1v) is 6.40. The number of hydrogen-bond donors (Lipinski definition) is 3. The molecule has 0 aromatic heterocycles. The van der Waals surface area contributed by atoms with Crippen LogP contribution in [0.4, 0.5) is 0 Å². The summed E-state index contributed by atoms with van der Waals surface area (Å²) in [7, 11) is 0. The zero-order chi connectivity index (χ0) is 12.7. The van der Waals surface area contributed by atoms with Crippen molar-refractivity contribution in [1.82, 2.24) is 16.0 Å². The molecule has 1 fully saturated rings. The Bertz CT molecular complexity index is 260. The van der Waals surface area contributed by atoms with Gasteiger partial charge in [-0.1, -0.05) is 6.42 Å². The van der Waals surface area contributed by atoms with Gasteiger partial charge in [0.1, 0.15) is 0 Å². The van der Waals surface area contributed by atoms with E-state index < -0.39 is 0 Å². The van der Waals surface area contributed by atoms with E-state index in [0.717, 1.165) is 25.8 Å². The Morgan fingerprint density at radius 1 is 1.35 bits per heavy atom. The van der Waals surface area contributed by atoms with Crippen LogP contribution in [0.25, 0.3) is 0 Å². The van der Waals surface area contributed by atoms with Crippen LogP contribution >= 0.6 is 0 Å². The standard InChI is InChI=1S/C12H23N3O2/c1-9(2)15-11(16)6-8-14-12(17)10-5-3-4-7-13-10/h9-10,13H,3-8H2,1-2H3,(H,14,17)(H,15,16)/t10-/m1/s1. The second kappa shape index (κ2) is 7.27. The molecule has 2 amide bonds. The number of amides is 2. The minimum Gasteiger partial charge on any atom is -0.354 e. The fourth-order valence-corrected chi connectivity index (χ4v) is 1.89. The summed E-state index contributed by atoms with van der Waals surface area (Å²) in [4.78, 5) is 23.0. The summed E-state index contributed by atoms with van der Waals surface area (Å²) in [5.41, 5.74) is 0. The third-order valence-electron chi connectivity index (χ3n) is 2.73. The third-order valence-corrected chi connectivity index (χ3v) is 2.73. The number of piperidine rings is 1. The minimum absolute atomic E-state index is 0.0158. The van der Waals surface area contributed by atoms with E-state index in [1.165, 1.54) is 0 Å². The molecule has 1 aliphatic heterocycles. The van der Waals surface area contributed by atoms with Crippen molar-refractivity contribution in [2.75, 3.05) is 13.1 Å². The van der Waals surface area contributed by atoms with Gasteiger partial charge in [-0.3, -0.25) is 9.59 Å². The number of nitrogens with one attached hydrogen (secondary N) is 3. The molecule has 0 aromatic carbocycles. The van der Waals surface area contributed by atoms with Gasteiger partial charge in [0.2, 0.25) is 11.8 Å². The highest BCUT2D eigenvalue weighted by atomic mass is 16.2. The normalized spacial score (nSPS) is 20.1. The SMILES string of the molecule is CC(C)NC(=O)CCNC(=O)[C@H]1CCCCN1. The van der Waals surface area contributed by atoms with Crippen LogP contribution in [0.2, 0.25) is 0 Å². The Hall–Kier alpha value is -1.10. The minimum atomic E-state index is -0.0723. The highest BCUT2D eigenvalue weighted by molar-refractivity contribution is 5.82. The van der Waals surface area contributed by atoms with Gasteiger partial charge in [-0.15, -0.1) is 0 Å². The van der Waals surface area contributed by atoms with Gasteiger partial charge in [0.25, 0.3) is 0 Å². The molecule has 17 heavy (non-hydrogen) atoms. The molecule has 0 bridgehead atoms. The summed E-state index contributed by atoms with van der Waals surface area (Å²) >= 11 is 0. The van der Waals surface area contributed by atoms with E-state index >= 15 is 0 Å². The molecule has 1 aliphatic rings. The maximum Gasteiger partial charge on any atom is 0.237 e. The van der Waals surface area contributed by atoms with Crippen molar-refractivity contribution in [3.05, 3.63) is 0 Å². The monoisotopic (exact) mass is 241 g/mol. The van der Waals surface area contributed by atoms with Crippen molar-refractivity contribution < 1.29 is 9.59 Å². The summed E-state index contributed by atoms with van der Waals surface area (Å²) in [6.45, 7) is 5.16. The maximum atomic E-state index is 11.7. The molecular weight excluding hydrogens is 218 g/mol. The molecule has 1 rings (SSSR count). The zero-order valence-corrected chi connectivity index (χ0v) is 10.7. The zero-order valence-electron chi connectivity index (χ0n) is 10.7. The molecule has 0 saturated carbocycles. The first kappa shape index (κ1) is 14.0. The molecule has 0 radical (unpaired) electrons. The molecular formula is C12H23N3O2. The molecule has 1 heterocycles. The lowest BCUT2D eigenvalue weighted by Gasteiger charge is -2.22. The third kappa shape index (κ3) is 5.68. The van der Waals surface area contributed by atoms with Gasteiger partial charge in [0.15, 0.2) is 0 Å². The first-order valence-electron chi connectivity index (χ1n) is 6.40. The van der Waals surface area contributed by atoms with Crippen LogP contribution in [0.3, 0.4) is 0 Å². The van der Waals surface area contributed by atoms with Gasteiger partial charge in [0.05, 0.1) is 6.04 Å². The first-order chi connectivity index (χ1) is 8.09. The lowest BCUT2D eigenvalue weighted by molar-refractivity contribution is -0.124. The van der Waals surface area contributed by atoms with Gasteiger partial charge in [0, 0.05) is 19.0 Å². The van der Waals surface area contributed by atoms with Crippen LogP contribution in [0.1, 0.15) is 39.5 Å². The van der Waals surface area contributed by atoms with Crippen molar-refractivity contribution >= 4 is 11.8 Å². The van der Waals surface area contributed by atoms with Crippen LogP contribution in [0.5, 0.6) is 0 Å². The second-order valence-corrected chi connectivity index (χ2v) is 4.77. The van der Waals surface area contributed by atoms with E-state index in [4.69, 9.17) is 0 Å². The van der Waals surface area contributed by atoms with Gasteiger partial charge in [-0.25, -0.2) is 0 Å².